The summed E-state index contributed by atoms with van der Waals surface area (Å²) in [7, 11) is 0. The SMILES string of the molecule is CCOC(O)(c1ccc(-n2c(C)cc(C=O)c2C)cc1)C(O)C(N)=O. The Hall–Kier alpha value is -2.48. The number of aliphatic hydroxyl groups excluding tert-OH is 1. The van der Waals surface area contributed by atoms with E-state index in [2.05, 4.69) is 0 Å². The van der Waals surface area contributed by atoms with Gasteiger partial charge in [-0.2, -0.15) is 0 Å². The summed E-state index contributed by atoms with van der Waals surface area (Å²) in [5, 5.41) is 20.6. The summed E-state index contributed by atoms with van der Waals surface area (Å²) in [5.41, 5.74) is 8.32. The molecule has 7 heteroatoms. The molecule has 1 aromatic carbocycles. The number of aldehydes is 1. The number of hydrogen-bond donors (Lipinski definition) is 3. The molecule has 0 spiro atoms. The third kappa shape index (κ3) is 3.34. The second-order valence-electron chi connectivity index (χ2n) is 5.76. The van der Waals surface area contributed by atoms with Gasteiger partial charge in [-0.05, 0) is 39.0 Å². The summed E-state index contributed by atoms with van der Waals surface area (Å²) in [4.78, 5) is 22.4. The van der Waals surface area contributed by atoms with Gasteiger partial charge in [0.15, 0.2) is 12.4 Å². The van der Waals surface area contributed by atoms with Crippen LogP contribution in [0.25, 0.3) is 5.69 Å². The van der Waals surface area contributed by atoms with Crippen LogP contribution in [0.3, 0.4) is 0 Å². The molecule has 1 aromatic heterocycles. The first-order chi connectivity index (χ1) is 11.8. The average molecular weight is 346 g/mol. The van der Waals surface area contributed by atoms with Crippen LogP contribution in [0, 0.1) is 13.8 Å². The second kappa shape index (κ2) is 7.18. The van der Waals surface area contributed by atoms with Crippen molar-refractivity contribution in [3.05, 3.63) is 52.8 Å². The monoisotopic (exact) mass is 346 g/mol. The number of carbonyl (C=O) groups is 2. The van der Waals surface area contributed by atoms with Gasteiger partial charge in [0, 0.05) is 34.8 Å². The molecule has 2 rings (SSSR count). The minimum absolute atomic E-state index is 0.0705. The van der Waals surface area contributed by atoms with Gasteiger partial charge in [0.1, 0.15) is 0 Å². The summed E-state index contributed by atoms with van der Waals surface area (Å²) < 4.78 is 7.09. The zero-order valence-corrected chi connectivity index (χ0v) is 14.4. The topological polar surface area (TPSA) is 115 Å². The fourth-order valence-corrected chi connectivity index (χ4v) is 2.89. The molecule has 0 bridgehead atoms. The fraction of sp³-hybridized carbons (Fsp3) is 0.333. The van der Waals surface area contributed by atoms with Crippen molar-refractivity contribution < 1.29 is 24.5 Å². The van der Waals surface area contributed by atoms with E-state index in [1.54, 1.807) is 25.1 Å². The molecule has 2 atom stereocenters. The predicted molar refractivity (Wildman–Crippen MR) is 91.4 cm³/mol. The average Bonchev–Trinajstić information content (AvgIpc) is 2.88. The molecule has 1 heterocycles. The Morgan fingerprint density at radius 3 is 2.40 bits per heavy atom. The van der Waals surface area contributed by atoms with Crippen LogP contribution in [-0.4, -0.2) is 39.7 Å². The van der Waals surface area contributed by atoms with Crippen LogP contribution in [0.15, 0.2) is 30.3 Å². The van der Waals surface area contributed by atoms with Gasteiger partial charge in [0.05, 0.1) is 0 Å². The van der Waals surface area contributed by atoms with Gasteiger partial charge >= 0.3 is 0 Å². The van der Waals surface area contributed by atoms with E-state index in [-0.39, 0.29) is 12.2 Å². The maximum Gasteiger partial charge on any atom is 0.252 e. The van der Waals surface area contributed by atoms with E-state index in [4.69, 9.17) is 10.5 Å². The molecule has 25 heavy (non-hydrogen) atoms. The van der Waals surface area contributed by atoms with Crippen LogP contribution in [-0.2, 0) is 15.3 Å². The molecule has 0 saturated heterocycles. The highest BCUT2D eigenvalue weighted by Gasteiger charge is 2.42. The molecule has 2 aromatic rings. The molecule has 1 amide bonds. The molecule has 7 nitrogen and oxygen atoms in total. The van der Waals surface area contributed by atoms with E-state index in [0.29, 0.717) is 5.56 Å². The Bertz CT molecular complexity index is 782. The Morgan fingerprint density at radius 2 is 1.96 bits per heavy atom. The molecular weight excluding hydrogens is 324 g/mol. The van der Waals surface area contributed by atoms with E-state index >= 15 is 0 Å². The molecule has 0 aliphatic carbocycles. The maximum atomic E-state index is 11.3. The number of carbonyl (C=O) groups excluding carboxylic acids is 2. The highest BCUT2D eigenvalue weighted by atomic mass is 16.6. The minimum atomic E-state index is -2.23. The predicted octanol–water partition coefficient (Wildman–Crippen LogP) is 0.934. The molecule has 0 fully saturated rings. The van der Waals surface area contributed by atoms with Crippen LogP contribution in [0.4, 0.5) is 0 Å². The lowest BCUT2D eigenvalue weighted by Gasteiger charge is -2.31. The standard InChI is InChI=1S/C18H22N2O5/c1-4-25-18(24,16(22)17(19)23)14-5-7-15(8-6-14)20-11(2)9-13(10-21)12(20)3/h5-10,16,22,24H,4H2,1-3H3,(H2,19,23). The highest BCUT2D eigenvalue weighted by molar-refractivity contribution is 5.80. The first kappa shape index (κ1) is 18.9. The summed E-state index contributed by atoms with van der Waals surface area (Å²) >= 11 is 0. The number of nitrogens with zero attached hydrogens (tertiary/aromatic N) is 1. The van der Waals surface area contributed by atoms with Crippen molar-refractivity contribution in [2.75, 3.05) is 6.61 Å². The van der Waals surface area contributed by atoms with Gasteiger partial charge in [0.25, 0.3) is 5.91 Å². The van der Waals surface area contributed by atoms with E-state index in [9.17, 15) is 19.8 Å². The number of primary amides is 1. The van der Waals surface area contributed by atoms with Crippen molar-refractivity contribution in [3.63, 3.8) is 0 Å². The van der Waals surface area contributed by atoms with Crippen molar-refractivity contribution in [2.24, 2.45) is 5.73 Å². The Balaban J connectivity index is 2.47. The van der Waals surface area contributed by atoms with Gasteiger partial charge in [-0.25, -0.2) is 0 Å². The van der Waals surface area contributed by atoms with Crippen LogP contribution in [0.1, 0.15) is 34.2 Å². The summed E-state index contributed by atoms with van der Waals surface area (Å²) in [6.45, 7) is 5.40. The Morgan fingerprint density at radius 1 is 1.36 bits per heavy atom. The fourth-order valence-electron chi connectivity index (χ4n) is 2.89. The van der Waals surface area contributed by atoms with Gasteiger partial charge in [-0.3, -0.25) is 9.59 Å². The Labute approximate surface area is 145 Å². The first-order valence-corrected chi connectivity index (χ1v) is 7.85. The number of aryl methyl sites for hydroxylation is 1. The van der Waals surface area contributed by atoms with Crippen LogP contribution in [0.2, 0.25) is 0 Å². The molecular formula is C18H22N2O5. The number of amides is 1. The molecule has 0 aliphatic heterocycles. The largest absolute Gasteiger partial charge is 0.378 e. The normalized spacial score (nSPS) is 14.8. The molecule has 0 radical (unpaired) electrons. The van der Waals surface area contributed by atoms with E-state index in [0.717, 1.165) is 23.4 Å². The zero-order valence-electron chi connectivity index (χ0n) is 14.4. The summed E-state index contributed by atoms with van der Waals surface area (Å²) in [5.74, 6) is -3.32. The number of ether oxygens (including phenoxy) is 1. The van der Waals surface area contributed by atoms with E-state index in [1.165, 1.54) is 12.1 Å². The summed E-state index contributed by atoms with van der Waals surface area (Å²) in [6.07, 6.45) is -1.11. The minimum Gasteiger partial charge on any atom is -0.378 e. The lowest BCUT2D eigenvalue weighted by atomic mass is 9.99. The third-order valence-corrected chi connectivity index (χ3v) is 4.14. The third-order valence-electron chi connectivity index (χ3n) is 4.14. The van der Waals surface area contributed by atoms with Gasteiger partial charge in [-0.1, -0.05) is 12.1 Å². The molecule has 4 N–H and O–H groups in total. The number of nitrogens with two attached hydrogens (primary N) is 1. The number of aliphatic hydroxyl groups is 2. The van der Waals surface area contributed by atoms with Crippen molar-refractivity contribution >= 4 is 12.2 Å². The zero-order chi connectivity index (χ0) is 18.8. The lowest BCUT2D eigenvalue weighted by Crippen LogP contribution is -2.49. The quantitative estimate of drug-likeness (QED) is 0.510. The van der Waals surface area contributed by atoms with Crippen LogP contribution < -0.4 is 5.73 Å². The molecule has 2 unspecified atom stereocenters. The maximum absolute atomic E-state index is 11.3. The first-order valence-electron chi connectivity index (χ1n) is 7.85. The molecule has 0 aliphatic rings. The van der Waals surface area contributed by atoms with Crippen LogP contribution >= 0.6 is 0 Å². The van der Waals surface area contributed by atoms with Crippen LogP contribution in [0.5, 0.6) is 0 Å². The Kier molecular flexibility index (Phi) is 5.42. The van der Waals surface area contributed by atoms with E-state index < -0.39 is 17.8 Å². The second-order valence-corrected chi connectivity index (χ2v) is 5.76. The van der Waals surface area contributed by atoms with Gasteiger partial charge in [-0.15, -0.1) is 0 Å². The summed E-state index contributed by atoms with van der Waals surface area (Å²) in [6, 6.07) is 8.25. The van der Waals surface area contributed by atoms with Gasteiger partial charge in [0.2, 0.25) is 5.79 Å². The van der Waals surface area contributed by atoms with Crippen molar-refractivity contribution in [1.29, 1.82) is 0 Å². The lowest BCUT2D eigenvalue weighted by molar-refractivity contribution is -0.257. The smallest absolute Gasteiger partial charge is 0.252 e. The van der Waals surface area contributed by atoms with Gasteiger partial charge < -0.3 is 25.3 Å². The number of rotatable bonds is 7. The molecule has 134 valence electrons. The molecule has 0 saturated carbocycles. The number of aromatic nitrogens is 1. The number of hydrogen-bond acceptors (Lipinski definition) is 5. The number of benzene rings is 1. The van der Waals surface area contributed by atoms with Crippen molar-refractivity contribution in [3.8, 4) is 5.69 Å². The van der Waals surface area contributed by atoms with Crippen molar-refractivity contribution in [2.45, 2.75) is 32.7 Å². The highest BCUT2D eigenvalue weighted by Crippen LogP contribution is 2.29. The van der Waals surface area contributed by atoms with E-state index in [1.807, 2.05) is 18.4 Å². The van der Waals surface area contributed by atoms with Crippen molar-refractivity contribution in [1.82, 2.24) is 4.57 Å².